The Balaban J connectivity index is 2.08. The summed E-state index contributed by atoms with van der Waals surface area (Å²) in [4.78, 5) is 22.4. The van der Waals surface area contributed by atoms with Gasteiger partial charge in [0.2, 0.25) is 5.91 Å². The van der Waals surface area contributed by atoms with Gasteiger partial charge in [0.1, 0.15) is 0 Å². The van der Waals surface area contributed by atoms with E-state index in [1.165, 1.54) is 11.8 Å². The molecule has 6 heteroatoms. The first-order valence-corrected chi connectivity index (χ1v) is 6.08. The van der Waals surface area contributed by atoms with Gasteiger partial charge in [-0.25, -0.2) is 4.79 Å². The van der Waals surface area contributed by atoms with Gasteiger partial charge in [-0.2, -0.15) is 0 Å². The normalized spacial score (nSPS) is 16.9. The van der Waals surface area contributed by atoms with Crippen LogP contribution in [0.5, 0.6) is 0 Å². The molecule has 0 aromatic heterocycles. The van der Waals surface area contributed by atoms with Crippen LogP contribution in [0, 0.1) is 0 Å². The van der Waals surface area contributed by atoms with Gasteiger partial charge in [0, 0.05) is 17.8 Å². The van der Waals surface area contributed by atoms with Crippen molar-refractivity contribution in [3.8, 4) is 0 Å². The third kappa shape index (κ3) is 5.64. The smallest absolute Gasteiger partial charge is 0.321 e. The van der Waals surface area contributed by atoms with Crippen LogP contribution >= 0.6 is 11.8 Å². The number of imide groups is 1. The van der Waals surface area contributed by atoms with E-state index in [2.05, 4.69) is 10.6 Å². The molecule has 1 aliphatic rings. The second-order valence-corrected chi connectivity index (χ2v) is 5.08. The molecular formula is C9H17N3O2S. The van der Waals surface area contributed by atoms with Gasteiger partial charge in [-0.1, -0.05) is 6.92 Å². The summed E-state index contributed by atoms with van der Waals surface area (Å²) in [7, 11) is 0. The standard InChI is InChI=1S/C9H17N3O2S/c1-6(4-10)15-5-8(13)12-9(14)11-7-2-3-7/h6-7H,2-5,10H2,1H3,(H2,11,12,13,14). The van der Waals surface area contributed by atoms with E-state index in [9.17, 15) is 9.59 Å². The van der Waals surface area contributed by atoms with Crippen molar-refractivity contribution in [1.82, 2.24) is 10.6 Å². The number of urea groups is 1. The molecule has 1 atom stereocenters. The van der Waals surface area contributed by atoms with Gasteiger partial charge < -0.3 is 11.1 Å². The Morgan fingerprint density at radius 3 is 2.73 bits per heavy atom. The molecule has 86 valence electrons. The van der Waals surface area contributed by atoms with Crippen molar-refractivity contribution in [3.05, 3.63) is 0 Å². The Hall–Kier alpha value is -0.750. The summed E-state index contributed by atoms with van der Waals surface area (Å²) in [6.07, 6.45) is 2.03. The zero-order valence-electron chi connectivity index (χ0n) is 8.79. The van der Waals surface area contributed by atoms with Crippen LogP contribution in [-0.2, 0) is 4.79 Å². The fourth-order valence-electron chi connectivity index (χ4n) is 0.898. The van der Waals surface area contributed by atoms with Crippen molar-refractivity contribution < 1.29 is 9.59 Å². The van der Waals surface area contributed by atoms with Gasteiger partial charge in [-0.15, -0.1) is 11.8 Å². The molecule has 1 fully saturated rings. The molecule has 1 aliphatic carbocycles. The number of carbonyl (C=O) groups excluding carboxylic acids is 2. The lowest BCUT2D eigenvalue weighted by molar-refractivity contribution is -0.117. The first-order chi connectivity index (χ1) is 7.11. The van der Waals surface area contributed by atoms with Crippen LogP contribution in [-0.4, -0.2) is 35.5 Å². The number of rotatable bonds is 5. The molecule has 3 amide bonds. The highest BCUT2D eigenvalue weighted by molar-refractivity contribution is 8.00. The maximum atomic E-state index is 11.2. The summed E-state index contributed by atoms with van der Waals surface area (Å²) in [6.45, 7) is 2.48. The number of carbonyl (C=O) groups is 2. The summed E-state index contributed by atoms with van der Waals surface area (Å²) in [5, 5.41) is 5.20. The monoisotopic (exact) mass is 231 g/mol. The quantitative estimate of drug-likeness (QED) is 0.624. The van der Waals surface area contributed by atoms with Gasteiger partial charge in [0.05, 0.1) is 5.75 Å². The van der Waals surface area contributed by atoms with E-state index >= 15 is 0 Å². The highest BCUT2D eigenvalue weighted by Gasteiger charge is 2.23. The van der Waals surface area contributed by atoms with Gasteiger partial charge in [0.25, 0.3) is 0 Å². The lowest BCUT2D eigenvalue weighted by Gasteiger charge is -2.08. The zero-order chi connectivity index (χ0) is 11.3. The molecular weight excluding hydrogens is 214 g/mol. The summed E-state index contributed by atoms with van der Waals surface area (Å²) in [6, 6.07) is -0.114. The number of hydrogen-bond acceptors (Lipinski definition) is 4. The van der Waals surface area contributed by atoms with Crippen molar-refractivity contribution in [3.63, 3.8) is 0 Å². The van der Waals surface area contributed by atoms with Crippen molar-refractivity contribution in [1.29, 1.82) is 0 Å². The lowest BCUT2D eigenvalue weighted by Crippen LogP contribution is -2.41. The molecule has 0 aromatic rings. The van der Waals surface area contributed by atoms with Crippen molar-refractivity contribution >= 4 is 23.7 Å². The molecule has 0 aliphatic heterocycles. The number of hydrogen-bond donors (Lipinski definition) is 3. The predicted octanol–water partition coefficient (Wildman–Crippen LogP) is 0.0550. The second kappa shape index (κ2) is 5.97. The minimum absolute atomic E-state index is 0.238. The van der Waals surface area contributed by atoms with E-state index in [0.717, 1.165) is 12.8 Å². The Morgan fingerprint density at radius 1 is 1.53 bits per heavy atom. The zero-order valence-corrected chi connectivity index (χ0v) is 9.60. The third-order valence-electron chi connectivity index (χ3n) is 2.00. The number of nitrogens with one attached hydrogen (secondary N) is 2. The van der Waals surface area contributed by atoms with Gasteiger partial charge in [-0.3, -0.25) is 10.1 Å². The van der Waals surface area contributed by atoms with E-state index in [-0.39, 0.29) is 29.0 Å². The first kappa shape index (κ1) is 12.3. The topological polar surface area (TPSA) is 84.2 Å². The lowest BCUT2D eigenvalue weighted by atomic mass is 10.5. The Morgan fingerprint density at radius 2 is 2.20 bits per heavy atom. The van der Waals surface area contributed by atoms with E-state index in [1.807, 2.05) is 6.92 Å². The van der Waals surface area contributed by atoms with Crippen LogP contribution < -0.4 is 16.4 Å². The predicted molar refractivity (Wildman–Crippen MR) is 60.7 cm³/mol. The maximum Gasteiger partial charge on any atom is 0.321 e. The molecule has 1 saturated carbocycles. The van der Waals surface area contributed by atoms with Crippen LogP contribution in [0.3, 0.4) is 0 Å². The van der Waals surface area contributed by atoms with Gasteiger partial charge >= 0.3 is 6.03 Å². The average Bonchev–Trinajstić information content (AvgIpc) is 2.97. The Labute approximate surface area is 93.5 Å². The number of amides is 3. The van der Waals surface area contributed by atoms with Gasteiger partial charge in [-0.05, 0) is 12.8 Å². The molecule has 15 heavy (non-hydrogen) atoms. The largest absolute Gasteiger partial charge is 0.335 e. The fourth-order valence-corrected chi connectivity index (χ4v) is 1.54. The summed E-state index contributed by atoms with van der Waals surface area (Å²) < 4.78 is 0. The molecule has 0 bridgehead atoms. The van der Waals surface area contributed by atoms with Crippen molar-refractivity contribution in [2.75, 3.05) is 12.3 Å². The van der Waals surface area contributed by atoms with E-state index < -0.39 is 0 Å². The van der Waals surface area contributed by atoms with Crippen LogP contribution in [0.2, 0.25) is 0 Å². The minimum atomic E-state index is -0.386. The van der Waals surface area contributed by atoms with Crippen LogP contribution in [0.1, 0.15) is 19.8 Å². The molecule has 0 radical (unpaired) electrons. The molecule has 0 aromatic carbocycles. The van der Waals surface area contributed by atoms with Gasteiger partial charge in [0.15, 0.2) is 0 Å². The fraction of sp³-hybridized carbons (Fsp3) is 0.778. The molecule has 0 heterocycles. The van der Waals surface area contributed by atoms with E-state index in [4.69, 9.17) is 5.73 Å². The number of nitrogens with two attached hydrogens (primary N) is 1. The van der Waals surface area contributed by atoms with Crippen molar-refractivity contribution in [2.45, 2.75) is 31.1 Å². The Bertz CT molecular complexity index is 244. The van der Waals surface area contributed by atoms with Crippen molar-refractivity contribution in [2.24, 2.45) is 5.73 Å². The third-order valence-corrected chi connectivity index (χ3v) is 3.19. The second-order valence-electron chi connectivity index (χ2n) is 3.65. The van der Waals surface area contributed by atoms with Crippen LogP contribution in [0.15, 0.2) is 0 Å². The molecule has 1 unspecified atom stereocenters. The van der Waals surface area contributed by atoms with Crippen LogP contribution in [0.25, 0.3) is 0 Å². The minimum Gasteiger partial charge on any atom is -0.335 e. The van der Waals surface area contributed by atoms with E-state index in [0.29, 0.717) is 6.54 Å². The average molecular weight is 231 g/mol. The Kier molecular flexibility index (Phi) is 4.90. The molecule has 5 nitrogen and oxygen atoms in total. The summed E-state index contributed by atoms with van der Waals surface area (Å²) in [5.41, 5.74) is 5.40. The summed E-state index contributed by atoms with van der Waals surface area (Å²) >= 11 is 1.44. The molecule has 1 rings (SSSR count). The number of thioether (sulfide) groups is 1. The molecule has 0 spiro atoms. The van der Waals surface area contributed by atoms with Crippen LogP contribution in [0.4, 0.5) is 4.79 Å². The van der Waals surface area contributed by atoms with E-state index in [1.54, 1.807) is 0 Å². The summed E-state index contributed by atoms with van der Waals surface area (Å²) in [5.74, 6) is 0.00894. The highest BCUT2D eigenvalue weighted by atomic mass is 32.2. The first-order valence-electron chi connectivity index (χ1n) is 5.04. The molecule has 0 saturated heterocycles. The highest BCUT2D eigenvalue weighted by Crippen LogP contribution is 2.18. The molecule has 4 N–H and O–H groups in total. The maximum absolute atomic E-state index is 11.2. The SMILES string of the molecule is CC(CN)SCC(=O)NC(=O)NC1CC1.